The number of hydrogen-bond donors (Lipinski definition) is 0. The van der Waals surface area contributed by atoms with Gasteiger partial charge in [0.05, 0.1) is 12.5 Å². The molecule has 0 fully saturated rings. The van der Waals surface area contributed by atoms with Crippen molar-refractivity contribution in [2.24, 2.45) is 0 Å². The zero-order chi connectivity index (χ0) is 8.81. The predicted octanol–water partition coefficient (Wildman–Crippen LogP) is 2.41. The zero-order valence-electron chi connectivity index (χ0n) is 6.75. The third-order valence-corrected chi connectivity index (χ3v) is 1.84. The molecular formula is C9H11ClO2. The minimum Gasteiger partial charge on any atom is -0.472 e. The van der Waals surface area contributed by atoms with Gasteiger partial charge >= 0.3 is 0 Å². The maximum absolute atomic E-state index is 11.2. The molecule has 0 N–H and O–H groups in total. The summed E-state index contributed by atoms with van der Waals surface area (Å²) in [7, 11) is 0. The summed E-state index contributed by atoms with van der Waals surface area (Å²) >= 11 is 5.46. The number of halogens is 1. The van der Waals surface area contributed by atoms with Crippen molar-refractivity contribution in [2.75, 3.05) is 5.88 Å². The van der Waals surface area contributed by atoms with E-state index < -0.39 is 0 Å². The lowest BCUT2D eigenvalue weighted by Crippen LogP contribution is -2.01. The summed E-state index contributed by atoms with van der Waals surface area (Å²) in [6, 6.07) is 1.80. The SMILES string of the molecule is O=C(CCCCl)Cc1ccoc1. The van der Waals surface area contributed by atoms with Crippen LogP contribution < -0.4 is 0 Å². The Kier molecular flexibility index (Phi) is 3.88. The highest BCUT2D eigenvalue weighted by molar-refractivity contribution is 6.17. The average Bonchev–Trinajstić information content (AvgIpc) is 2.53. The van der Waals surface area contributed by atoms with Gasteiger partial charge in [0.15, 0.2) is 0 Å². The van der Waals surface area contributed by atoms with E-state index >= 15 is 0 Å². The number of alkyl halides is 1. The monoisotopic (exact) mass is 186 g/mol. The molecule has 0 atom stereocenters. The van der Waals surface area contributed by atoms with Gasteiger partial charge in [0, 0.05) is 18.7 Å². The molecule has 0 radical (unpaired) electrons. The normalized spacial score (nSPS) is 10.1. The number of Topliss-reactive ketones (excluding diaryl/α,β-unsaturated/α-hetero) is 1. The van der Waals surface area contributed by atoms with Crippen LogP contribution in [0.25, 0.3) is 0 Å². The van der Waals surface area contributed by atoms with Crippen molar-refractivity contribution in [3.05, 3.63) is 24.2 Å². The van der Waals surface area contributed by atoms with E-state index in [0.717, 1.165) is 12.0 Å². The van der Waals surface area contributed by atoms with Gasteiger partial charge in [-0.3, -0.25) is 4.79 Å². The highest BCUT2D eigenvalue weighted by atomic mass is 35.5. The van der Waals surface area contributed by atoms with Crippen LogP contribution in [0.5, 0.6) is 0 Å². The highest BCUT2D eigenvalue weighted by Crippen LogP contribution is 2.04. The Hall–Kier alpha value is -0.760. The summed E-state index contributed by atoms with van der Waals surface area (Å²) in [5.41, 5.74) is 0.939. The predicted molar refractivity (Wildman–Crippen MR) is 47.4 cm³/mol. The number of carbonyl (C=O) groups is 1. The first-order valence-corrected chi connectivity index (χ1v) is 4.45. The lowest BCUT2D eigenvalue weighted by Gasteiger charge is -1.94. The summed E-state index contributed by atoms with van der Waals surface area (Å²) in [5, 5.41) is 0. The van der Waals surface area contributed by atoms with Crippen molar-refractivity contribution >= 4 is 17.4 Å². The van der Waals surface area contributed by atoms with Crippen LogP contribution in [0, 0.1) is 0 Å². The molecule has 0 spiro atoms. The van der Waals surface area contributed by atoms with E-state index in [9.17, 15) is 4.79 Å². The summed E-state index contributed by atoms with van der Waals surface area (Å²) < 4.78 is 4.84. The van der Waals surface area contributed by atoms with E-state index in [0.29, 0.717) is 18.7 Å². The van der Waals surface area contributed by atoms with Crippen molar-refractivity contribution in [2.45, 2.75) is 19.3 Å². The number of carbonyl (C=O) groups excluding carboxylic acids is 1. The molecule has 1 aromatic rings. The van der Waals surface area contributed by atoms with Crippen LogP contribution in [0.1, 0.15) is 18.4 Å². The Morgan fingerprint density at radius 1 is 1.58 bits per heavy atom. The maximum Gasteiger partial charge on any atom is 0.137 e. The van der Waals surface area contributed by atoms with E-state index in [1.165, 1.54) is 0 Å². The van der Waals surface area contributed by atoms with Gasteiger partial charge in [0.1, 0.15) is 5.78 Å². The van der Waals surface area contributed by atoms with Gasteiger partial charge in [-0.2, -0.15) is 0 Å². The largest absolute Gasteiger partial charge is 0.472 e. The van der Waals surface area contributed by atoms with Crippen molar-refractivity contribution in [1.29, 1.82) is 0 Å². The molecule has 0 aliphatic rings. The van der Waals surface area contributed by atoms with Crippen LogP contribution in [-0.4, -0.2) is 11.7 Å². The fourth-order valence-electron chi connectivity index (χ4n) is 0.973. The first-order chi connectivity index (χ1) is 5.83. The molecule has 0 aliphatic carbocycles. The van der Waals surface area contributed by atoms with Crippen LogP contribution in [-0.2, 0) is 11.2 Å². The molecule has 1 aromatic heterocycles. The van der Waals surface area contributed by atoms with E-state index in [4.69, 9.17) is 16.0 Å². The summed E-state index contributed by atoms with van der Waals surface area (Å²) in [6.45, 7) is 0. The molecule has 12 heavy (non-hydrogen) atoms. The average molecular weight is 187 g/mol. The Balaban J connectivity index is 2.27. The van der Waals surface area contributed by atoms with Crippen molar-refractivity contribution in [1.82, 2.24) is 0 Å². The quantitative estimate of drug-likeness (QED) is 0.662. The molecule has 1 heterocycles. The first kappa shape index (κ1) is 9.33. The highest BCUT2D eigenvalue weighted by Gasteiger charge is 2.03. The Morgan fingerprint density at radius 2 is 2.42 bits per heavy atom. The van der Waals surface area contributed by atoms with E-state index in [1.54, 1.807) is 18.6 Å². The van der Waals surface area contributed by atoms with Gasteiger partial charge in [-0.1, -0.05) is 0 Å². The zero-order valence-corrected chi connectivity index (χ0v) is 7.51. The molecule has 0 aromatic carbocycles. The molecule has 0 saturated carbocycles. The van der Waals surface area contributed by atoms with Crippen LogP contribution in [0.2, 0.25) is 0 Å². The second kappa shape index (κ2) is 4.99. The van der Waals surface area contributed by atoms with E-state index in [-0.39, 0.29) is 5.78 Å². The molecule has 66 valence electrons. The van der Waals surface area contributed by atoms with Crippen molar-refractivity contribution in [3.8, 4) is 0 Å². The fourth-order valence-corrected chi connectivity index (χ4v) is 1.11. The lowest BCUT2D eigenvalue weighted by molar-refractivity contribution is -0.118. The van der Waals surface area contributed by atoms with Gasteiger partial charge in [-0.05, 0) is 18.1 Å². The van der Waals surface area contributed by atoms with Crippen molar-refractivity contribution < 1.29 is 9.21 Å². The van der Waals surface area contributed by atoms with Gasteiger partial charge in [-0.25, -0.2) is 0 Å². The van der Waals surface area contributed by atoms with E-state index in [1.807, 2.05) is 0 Å². The number of furan rings is 1. The second-order valence-electron chi connectivity index (χ2n) is 2.64. The van der Waals surface area contributed by atoms with Crippen LogP contribution in [0.3, 0.4) is 0 Å². The Bertz CT molecular complexity index is 229. The molecule has 0 saturated heterocycles. The minimum absolute atomic E-state index is 0.219. The molecule has 2 nitrogen and oxygen atoms in total. The Labute approximate surface area is 76.5 Å². The number of hydrogen-bond acceptors (Lipinski definition) is 2. The molecule has 0 aliphatic heterocycles. The third kappa shape index (κ3) is 3.09. The molecule has 3 heteroatoms. The maximum atomic E-state index is 11.2. The second-order valence-corrected chi connectivity index (χ2v) is 3.02. The molecule has 0 bridgehead atoms. The van der Waals surface area contributed by atoms with Crippen molar-refractivity contribution in [3.63, 3.8) is 0 Å². The fraction of sp³-hybridized carbons (Fsp3) is 0.444. The van der Waals surface area contributed by atoms with E-state index in [2.05, 4.69) is 0 Å². The van der Waals surface area contributed by atoms with Gasteiger partial charge < -0.3 is 4.42 Å². The molecular weight excluding hydrogens is 176 g/mol. The van der Waals surface area contributed by atoms with Crippen LogP contribution in [0.15, 0.2) is 23.0 Å². The van der Waals surface area contributed by atoms with Crippen LogP contribution in [0.4, 0.5) is 0 Å². The summed E-state index contributed by atoms with van der Waals surface area (Å²) in [5.74, 6) is 0.772. The van der Waals surface area contributed by atoms with Gasteiger partial charge in [0.2, 0.25) is 0 Å². The van der Waals surface area contributed by atoms with Gasteiger partial charge in [-0.15, -0.1) is 11.6 Å². The topological polar surface area (TPSA) is 30.2 Å². The van der Waals surface area contributed by atoms with Crippen LogP contribution >= 0.6 is 11.6 Å². The minimum atomic E-state index is 0.219. The number of ketones is 1. The first-order valence-electron chi connectivity index (χ1n) is 3.91. The summed E-state index contributed by atoms with van der Waals surface area (Å²) in [6.07, 6.45) is 4.96. The number of rotatable bonds is 5. The smallest absolute Gasteiger partial charge is 0.137 e. The Morgan fingerprint density at radius 3 is 3.00 bits per heavy atom. The van der Waals surface area contributed by atoms with Gasteiger partial charge in [0.25, 0.3) is 0 Å². The molecule has 0 unspecified atom stereocenters. The molecule has 1 rings (SSSR count). The lowest BCUT2D eigenvalue weighted by atomic mass is 10.1. The standard InChI is InChI=1S/C9H11ClO2/c10-4-1-2-9(11)6-8-3-5-12-7-8/h3,5,7H,1-2,4,6H2. The molecule has 0 amide bonds. The summed E-state index contributed by atoms with van der Waals surface area (Å²) in [4.78, 5) is 11.2. The third-order valence-electron chi connectivity index (χ3n) is 1.57.